The molecular weight excluding hydrogens is 434 g/mol. The maximum Gasteiger partial charge on any atom is 0.263 e. The van der Waals surface area contributed by atoms with Crippen LogP contribution in [0, 0.1) is 5.92 Å². The molecule has 2 heterocycles. The van der Waals surface area contributed by atoms with Crippen molar-refractivity contribution in [3.8, 4) is 0 Å². The van der Waals surface area contributed by atoms with Crippen molar-refractivity contribution in [2.24, 2.45) is 5.92 Å². The second kappa shape index (κ2) is 10.9. The van der Waals surface area contributed by atoms with Crippen LogP contribution in [0.2, 0.25) is 0 Å². The van der Waals surface area contributed by atoms with Crippen molar-refractivity contribution in [1.82, 2.24) is 15.5 Å². The second-order valence-corrected chi connectivity index (χ2v) is 9.08. The van der Waals surface area contributed by atoms with E-state index in [-0.39, 0.29) is 23.6 Å². The molecule has 7 heteroatoms. The normalized spacial score (nSPS) is 15.0. The van der Waals surface area contributed by atoms with E-state index in [4.69, 9.17) is 0 Å². The lowest BCUT2D eigenvalue weighted by Crippen LogP contribution is -2.53. The molecule has 0 bridgehead atoms. The molecule has 1 fully saturated rings. The summed E-state index contributed by atoms with van der Waals surface area (Å²) in [6, 6.07) is 21.6. The number of nitrogens with zero attached hydrogens (tertiary/aromatic N) is 1. The molecule has 1 atom stereocenters. The Balaban J connectivity index is 1.43. The Morgan fingerprint density at radius 2 is 1.58 bits per heavy atom. The van der Waals surface area contributed by atoms with E-state index in [1.807, 2.05) is 58.8 Å². The number of carbonyl (C=O) groups excluding carboxylic acids is 3. The summed E-state index contributed by atoms with van der Waals surface area (Å²) in [4.78, 5) is 41.3. The number of hydrogen-bond acceptors (Lipinski definition) is 4. The Labute approximate surface area is 197 Å². The first-order chi connectivity index (χ1) is 16.1. The first kappa shape index (κ1) is 22.7. The van der Waals surface area contributed by atoms with Crippen LogP contribution in [0.4, 0.5) is 0 Å². The molecule has 0 spiro atoms. The number of piperidine rings is 1. The molecule has 1 aromatic heterocycles. The maximum atomic E-state index is 13.2. The predicted molar refractivity (Wildman–Crippen MR) is 129 cm³/mol. The summed E-state index contributed by atoms with van der Waals surface area (Å²) in [7, 11) is 0. The van der Waals surface area contributed by atoms with E-state index in [2.05, 4.69) is 10.6 Å². The number of thiophene rings is 1. The van der Waals surface area contributed by atoms with Gasteiger partial charge in [-0.15, -0.1) is 11.3 Å². The summed E-state index contributed by atoms with van der Waals surface area (Å²) in [6.07, 6.45) is 1.30. The Kier molecular flexibility index (Phi) is 7.52. The van der Waals surface area contributed by atoms with Gasteiger partial charge in [-0.25, -0.2) is 0 Å². The fourth-order valence-corrected chi connectivity index (χ4v) is 4.79. The highest BCUT2D eigenvalue weighted by molar-refractivity contribution is 7.12. The van der Waals surface area contributed by atoms with Gasteiger partial charge in [0.25, 0.3) is 11.8 Å². The Bertz CT molecular complexity index is 1060. The van der Waals surface area contributed by atoms with E-state index in [1.165, 1.54) is 11.3 Å². The van der Waals surface area contributed by atoms with Gasteiger partial charge in [-0.05, 0) is 47.9 Å². The fraction of sp³-hybridized carbons (Fsp3) is 0.269. The van der Waals surface area contributed by atoms with Crippen molar-refractivity contribution in [3.05, 3.63) is 94.2 Å². The molecule has 0 radical (unpaired) electrons. The number of carbonyl (C=O) groups is 3. The molecule has 2 aromatic carbocycles. The minimum absolute atomic E-state index is 0.0295. The largest absolute Gasteiger partial charge is 0.350 e. The number of nitrogens with one attached hydrogen (secondary N) is 2. The van der Waals surface area contributed by atoms with Gasteiger partial charge in [0, 0.05) is 25.2 Å². The zero-order chi connectivity index (χ0) is 23.0. The van der Waals surface area contributed by atoms with E-state index >= 15 is 0 Å². The van der Waals surface area contributed by atoms with Gasteiger partial charge in [0.2, 0.25) is 5.91 Å². The molecule has 0 saturated carbocycles. The highest BCUT2D eigenvalue weighted by Crippen LogP contribution is 2.24. The van der Waals surface area contributed by atoms with Crippen LogP contribution >= 0.6 is 11.3 Å². The fourth-order valence-electron chi connectivity index (χ4n) is 4.10. The first-order valence-corrected chi connectivity index (χ1v) is 12.0. The summed E-state index contributed by atoms with van der Waals surface area (Å²) in [5, 5.41) is 7.83. The third-order valence-corrected chi connectivity index (χ3v) is 6.80. The minimum Gasteiger partial charge on any atom is -0.350 e. The molecule has 6 nitrogen and oxygen atoms in total. The van der Waals surface area contributed by atoms with Gasteiger partial charge < -0.3 is 15.5 Å². The minimum atomic E-state index is -0.666. The summed E-state index contributed by atoms with van der Waals surface area (Å²) >= 11 is 1.43. The van der Waals surface area contributed by atoms with Crippen LogP contribution in [0.1, 0.15) is 38.4 Å². The Hall–Kier alpha value is -3.45. The molecule has 1 saturated heterocycles. The molecule has 4 rings (SSSR count). The zero-order valence-corrected chi connectivity index (χ0v) is 19.1. The van der Waals surface area contributed by atoms with Gasteiger partial charge in [-0.2, -0.15) is 0 Å². The Morgan fingerprint density at radius 1 is 0.909 bits per heavy atom. The molecule has 0 aliphatic carbocycles. The topological polar surface area (TPSA) is 78.5 Å². The third-order valence-electron chi connectivity index (χ3n) is 5.94. The van der Waals surface area contributed by atoms with Crippen molar-refractivity contribution in [1.29, 1.82) is 0 Å². The van der Waals surface area contributed by atoms with E-state index in [1.54, 1.807) is 24.3 Å². The van der Waals surface area contributed by atoms with E-state index in [0.29, 0.717) is 38.0 Å². The molecule has 1 aliphatic heterocycles. The second-order valence-electron chi connectivity index (χ2n) is 8.13. The van der Waals surface area contributed by atoms with Crippen LogP contribution in [0.5, 0.6) is 0 Å². The van der Waals surface area contributed by atoms with E-state index < -0.39 is 6.04 Å². The quantitative estimate of drug-likeness (QED) is 0.563. The van der Waals surface area contributed by atoms with Crippen LogP contribution in [0.25, 0.3) is 0 Å². The summed E-state index contributed by atoms with van der Waals surface area (Å²) < 4.78 is 0. The number of hydrogen-bond donors (Lipinski definition) is 2. The van der Waals surface area contributed by atoms with Gasteiger partial charge in [-0.3, -0.25) is 14.4 Å². The highest BCUT2D eigenvalue weighted by Gasteiger charge is 2.34. The van der Waals surface area contributed by atoms with Crippen LogP contribution in [0.3, 0.4) is 0 Å². The van der Waals surface area contributed by atoms with E-state index in [9.17, 15) is 14.4 Å². The van der Waals surface area contributed by atoms with Gasteiger partial charge >= 0.3 is 0 Å². The van der Waals surface area contributed by atoms with Gasteiger partial charge in [0.15, 0.2) is 0 Å². The van der Waals surface area contributed by atoms with Crippen LogP contribution < -0.4 is 10.6 Å². The smallest absolute Gasteiger partial charge is 0.263 e. The monoisotopic (exact) mass is 461 g/mol. The zero-order valence-electron chi connectivity index (χ0n) is 18.3. The summed E-state index contributed by atoms with van der Waals surface area (Å²) in [5.74, 6) is -0.499. The van der Waals surface area contributed by atoms with Crippen molar-refractivity contribution >= 4 is 29.1 Å². The number of benzene rings is 2. The molecule has 0 unspecified atom stereocenters. The molecule has 3 amide bonds. The molecule has 33 heavy (non-hydrogen) atoms. The molecule has 2 N–H and O–H groups in total. The first-order valence-electron chi connectivity index (χ1n) is 11.1. The third kappa shape index (κ3) is 5.87. The number of likely N-dealkylation sites (tertiary alicyclic amines) is 1. The molecule has 3 aromatic rings. The van der Waals surface area contributed by atoms with Crippen molar-refractivity contribution in [3.63, 3.8) is 0 Å². The van der Waals surface area contributed by atoms with Crippen LogP contribution in [-0.4, -0.2) is 41.8 Å². The summed E-state index contributed by atoms with van der Waals surface area (Å²) in [5.41, 5.74) is 1.51. The maximum absolute atomic E-state index is 13.2. The number of rotatable bonds is 7. The van der Waals surface area contributed by atoms with Crippen LogP contribution in [-0.2, 0) is 11.3 Å². The van der Waals surface area contributed by atoms with Gasteiger partial charge in [0.05, 0.1) is 4.88 Å². The van der Waals surface area contributed by atoms with Crippen molar-refractivity contribution in [2.45, 2.75) is 25.4 Å². The Morgan fingerprint density at radius 3 is 2.21 bits per heavy atom. The standard InChI is InChI=1S/C26H27N3O3S/c30-24(21-10-5-2-6-11-21)28-23(25(31)27-18-19-8-3-1-4-9-19)20-13-15-29(16-14-20)26(32)22-12-7-17-33-22/h1-12,17,20,23H,13-16,18H2,(H,27,31)(H,28,30)/t23-/m1/s1. The van der Waals surface area contributed by atoms with Gasteiger partial charge in [0.1, 0.15) is 6.04 Å². The SMILES string of the molecule is O=C(N[C@@H](C(=O)NCc1ccccc1)C1CCN(C(=O)c2cccs2)CC1)c1ccccc1. The van der Waals surface area contributed by atoms with Gasteiger partial charge in [-0.1, -0.05) is 54.6 Å². The number of amides is 3. The average Bonchev–Trinajstić information content (AvgIpc) is 3.42. The lowest BCUT2D eigenvalue weighted by Gasteiger charge is -2.35. The predicted octanol–water partition coefficient (Wildman–Crippen LogP) is 3.72. The highest BCUT2D eigenvalue weighted by atomic mass is 32.1. The summed E-state index contributed by atoms with van der Waals surface area (Å²) in [6.45, 7) is 1.52. The molecule has 170 valence electrons. The lowest BCUT2D eigenvalue weighted by atomic mass is 9.88. The van der Waals surface area contributed by atoms with E-state index in [0.717, 1.165) is 10.4 Å². The van der Waals surface area contributed by atoms with Crippen LogP contribution in [0.15, 0.2) is 78.2 Å². The van der Waals surface area contributed by atoms with Crippen molar-refractivity contribution in [2.75, 3.05) is 13.1 Å². The molecule has 1 aliphatic rings. The molecular formula is C26H27N3O3S. The average molecular weight is 462 g/mol. The van der Waals surface area contributed by atoms with Crippen molar-refractivity contribution < 1.29 is 14.4 Å². The lowest BCUT2D eigenvalue weighted by molar-refractivity contribution is -0.124.